The molecule has 1 atom stereocenters. The molecule has 0 bridgehead atoms. The van der Waals surface area contributed by atoms with Gasteiger partial charge in [-0.2, -0.15) is 0 Å². The van der Waals surface area contributed by atoms with Crippen molar-refractivity contribution in [2.75, 3.05) is 24.9 Å². The van der Waals surface area contributed by atoms with E-state index in [9.17, 15) is 4.21 Å². The first-order chi connectivity index (χ1) is 15.5. The van der Waals surface area contributed by atoms with E-state index >= 15 is 0 Å². The maximum Gasteiger partial charge on any atom is 0.259 e. The smallest absolute Gasteiger partial charge is 0.259 e. The molecule has 0 radical (unpaired) electrons. The van der Waals surface area contributed by atoms with Gasteiger partial charge < -0.3 is 9.47 Å². The van der Waals surface area contributed by atoms with E-state index in [1.54, 1.807) is 0 Å². The molecule has 0 saturated heterocycles. The van der Waals surface area contributed by atoms with E-state index in [0.717, 1.165) is 47.8 Å². The Morgan fingerprint density at radius 2 is 1.75 bits per heavy atom. The summed E-state index contributed by atoms with van der Waals surface area (Å²) in [5.74, 6) is 0. The quantitative estimate of drug-likeness (QED) is 0.389. The van der Waals surface area contributed by atoms with E-state index < -0.39 is 11.3 Å². The highest BCUT2D eigenvalue weighted by atomic mass is 35.5. The lowest BCUT2D eigenvalue weighted by Gasteiger charge is -2.15. The van der Waals surface area contributed by atoms with Gasteiger partial charge in [0, 0.05) is 47.0 Å². The predicted molar refractivity (Wildman–Crippen MR) is 133 cm³/mol. The number of nitrogens with zero attached hydrogens (tertiary/aromatic N) is 2. The van der Waals surface area contributed by atoms with Gasteiger partial charge in [0.15, 0.2) is 0 Å². The molecule has 1 unspecified atom stereocenters. The molecule has 5 rings (SSSR count). The number of benzene rings is 3. The minimum Gasteiger partial charge on any atom is -0.313 e. The van der Waals surface area contributed by atoms with E-state index in [2.05, 4.69) is 57.6 Å². The second kappa shape index (κ2) is 8.71. The van der Waals surface area contributed by atoms with Gasteiger partial charge in [-0.3, -0.25) is 9.27 Å². The van der Waals surface area contributed by atoms with Gasteiger partial charge in [-0.15, -0.1) is 0 Å². The SMILES string of the molecule is CN1CCc2c(n(-c3cccc(-c4ccc(NS(=O)O)cc4)c3)c3ccc(Cl)cc23)CC1. The molecule has 1 aromatic heterocycles. The summed E-state index contributed by atoms with van der Waals surface area (Å²) in [6, 6.07) is 22.2. The number of hydrogen-bond acceptors (Lipinski definition) is 2. The number of rotatable bonds is 4. The van der Waals surface area contributed by atoms with Crippen LogP contribution in [0.25, 0.3) is 27.7 Å². The average molecular weight is 466 g/mol. The van der Waals surface area contributed by atoms with Gasteiger partial charge in [-0.1, -0.05) is 35.9 Å². The van der Waals surface area contributed by atoms with Crippen LogP contribution in [0.1, 0.15) is 11.3 Å². The van der Waals surface area contributed by atoms with E-state index in [0.29, 0.717) is 5.69 Å². The normalized spacial score (nSPS) is 15.3. The lowest BCUT2D eigenvalue weighted by molar-refractivity contribution is 0.351. The lowest BCUT2D eigenvalue weighted by Crippen LogP contribution is -2.21. The first-order valence-electron chi connectivity index (χ1n) is 10.6. The van der Waals surface area contributed by atoms with E-state index in [-0.39, 0.29) is 0 Å². The van der Waals surface area contributed by atoms with Crippen molar-refractivity contribution < 1.29 is 8.76 Å². The van der Waals surface area contributed by atoms with Crippen LogP contribution in [0, 0.1) is 0 Å². The molecule has 4 aromatic rings. The van der Waals surface area contributed by atoms with Gasteiger partial charge >= 0.3 is 0 Å². The molecule has 5 nitrogen and oxygen atoms in total. The fraction of sp³-hybridized carbons (Fsp3) is 0.200. The summed E-state index contributed by atoms with van der Waals surface area (Å²) in [5.41, 5.74) is 7.80. The van der Waals surface area contributed by atoms with Gasteiger partial charge in [0.1, 0.15) is 0 Å². The summed E-state index contributed by atoms with van der Waals surface area (Å²) in [4.78, 5) is 2.38. The van der Waals surface area contributed by atoms with E-state index in [1.165, 1.54) is 22.2 Å². The zero-order valence-corrected chi connectivity index (χ0v) is 19.3. The summed E-state index contributed by atoms with van der Waals surface area (Å²) in [6.07, 6.45) is 2.00. The topological polar surface area (TPSA) is 57.5 Å². The number of nitrogens with one attached hydrogen (secondary N) is 1. The molecule has 1 aliphatic heterocycles. The van der Waals surface area contributed by atoms with Crippen molar-refractivity contribution in [3.05, 3.63) is 83.0 Å². The minimum absolute atomic E-state index is 0.605. The van der Waals surface area contributed by atoms with Gasteiger partial charge in [0.2, 0.25) is 0 Å². The molecule has 2 heterocycles. The van der Waals surface area contributed by atoms with Crippen molar-refractivity contribution in [2.24, 2.45) is 0 Å². The second-order valence-electron chi connectivity index (χ2n) is 8.20. The van der Waals surface area contributed by atoms with Crippen LogP contribution in [0.5, 0.6) is 0 Å². The number of anilines is 1. The maximum atomic E-state index is 11.0. The van der Waals surface area contributed by atoms with E-state index in [1.807, 2.05) is 30.3 Å². The van der Waals surface area contributed by atoms with Crippen LogP contribution in [0.2, 0.25) is 5.02 Å². The van der Waals surface area contributed by atoms with Crippen LogP contribution in [-0.4, -0.2) is 38.4 Å². The molecule has 2 N–H and O–H groups in total. The Hall–Kier alpha value is -2.64. The van der Waals surface area contributed by atoms with Crippen molar-refractivity contribution >= 4 is 39.5 Å². The van der Waals surface area contributed by atoms with Gasteiger partial charge in [-0.25, -0.2) is 4.21 Å². The molecule has 3 aromatic carbocycles. The Bertz CT molecular complexity index is 1320. The second-order valence-corrected chi connectivity index (χ2v) is 9.34. The van der Waals surface area contributed by atoms with Crippen molar-refractivity contribution in [3.8, 4) is 16.8 Å². The first kappa shape index (κ1) is 21.2. The summed E-state index contributed by atoms with van der Waals surface area (Å²) < 4.78 is 24.9. The largest absolute Gasteiger partial charge is 0.313 e. The third-order valence-electron chi connectivity index (χ3n) is 6.14. The van der Waals surface area contributed by atoms with Crippen LogP contribution in [0.4, 0.5) is 5.69 Å². The standard InChI is InChI=1S/C25H24ClN3O2S/c1-28-13-11-22-23-16-19(26)7-10-24(23)29(25(22)12-14-28)21-4-2-3-18(15-21)17-5-8-20(9-6-17)27-32(30)31/h2-10,15-16,27H,11-14H2,1H3,(H,30,31). The number of hydrogen-bond donors (Lipinski definition) is 2. The van der Waals surface area contributed by atoms with Gasteiger partial charge in [0.05, 0.1) is 5.52 Å². The van der Waals surface area contributed by atoms with Crippen molar-refractivity contribution in [2.45, 2.75) is 12.8 Å². The maximum absolute atomic E-state index is 11.0. The number of fused-ring (bicyclic) bond motifs is 3. The number of aromatic nitrogens is 1. The molecular formula is C25H24ClN3O2S. The van der Waals surface area contributed by atoms with Crippen LogP contribution >= 0.6 is 11.6 Å². The third-order valence-corrected chi connectivity index (χ3v) is 6.79. The predicted octanol–water partition coefficient (Wildman–Crippen LogP) is 5.53. The van der Waals surface area contributed by atoms with Crippen molar-refractivity contribution in [3.63, 3.8) is 0 Å². The highest BCUT2D eigenvalue weighted by molar-refractivity contribution is 7.80. The Morgan fingerprint density at radius 3 is 2.53 bits per heavy atom. The molecule has 0 amide bonds. The average Bonchev–Trinajstić information content (AvgIpc) is 2.95. The zero-order chi connectivity index (χ0) is 22.2. The van der Waals surface area contributed by atoms with Gasteiger partial charge in [0.25, 0.3) is 11.3 Å². The van der Waals surface area contributed by atoms with Crippen LogP contribution in [0.3, 0.4) is 0 Å². The molecule has 0 saturated carbocycles. The Labute approximate surface area is 195 Å². The molecule has 0 fully saturated rings. The number of likely N-dealkylation sites (N-methyl/N-ethyl adjacent to an activating group) is 1. The zero-order valence-electron chi connectivity index (χ0n) is 17.7. The fourth-order valence-corrected chi connectivity index (χ4v) is 5.09. The minimum atomic E-state index is -2.08. The Morgan fingerprint density at radius 1 is 0.969 bits per heavy atom. The summed E-state index contributed by atoms with van der Waals surface area (Å²) >= 11 is 4.30. The molecule has 32 heavy (non-hydrogen) atoms. The lowest BCUT2D eigenvalue weighted by atomic mass is 10.0. The first-order valence-corrected chi connectivity index (χ1v) is 12.1. The molecular weight excluding hydrogens is 442 g/mol. The molecule has 0 spiro atoms. The molecule has 164 valence electrons. The molecule has 7 heteroatoms. The van der Waals surface area contributed by atoms with Crippen molar-refractivity contribution in [1.29, 1.82) is 0 Å². The highest BCUT2D eigenvalue weighted by Crippen LogP contribution is 2.35. The number of halogens is 1. The summed E-state index contributed by atoms with van der Waals surface area (Å²) in [5, 5.41) is 2.00. The summed E-state index contributed by atoms with van der Waals surface area (Å²) in [6.45, 7) is 2.06. The van der Waals surface area contributed by atoms with Crippen molar-refractivity contribution in [1.82, 2.24) is 9.47 Å². The monoisotopic (exact) mass is 465 g/mol. The highest BCUT2D eigenvalue weighted by Gasteiger charge is 2.21. The molecule has 0 aliphatic carbocycles. The van der Waals surface area contributed by atoms with Gasteiger partial charge in [-0.05, 0) is 72.6 Å². The Balaban J connectivity index is 1.61. The van der Waals surface area contributed by atoms with Crippen LogP contribution < -0.4 is 4.72 Å². The van der Waals surface area contributed by atoms with E-state index in [4.69, 9.17) is 16.2 Å². The fourth-order valence-electron chi connectivity index (χ4n) is 4.58. The van der Waals surface area contributed by atoms with Crippen LogP contribution in [0.15, 0.2) is 66.7 Å². The summed E-state index contributed by atoms with van der Waals surface area (Å²) in [7, 11) is 2.18. The molecule has 1 aliphatic rings. The van der Waals surface area contributed by atoms with Crippen LogP contribution in [-0.2, 0) is 24.1 Å². The Kier molecular flexibility index (Phi) is 5.78. The third kappa shape index (κ3) is 4.07.